The van der Waals surface area contributed by atoms with Crippen LogP contribution in [-0.2, 0) is 0 Å². The van der Waals surface area contributed by atoms with Crippen molar-refractivity contribution in [3.8, 4) is 6.19 Å². The maximum atomic E-state index is 9.25. The maximum Gasteiger partial charge on any atom is 0.185 e. The number of nitrogens with zero attached hydrogens (tertiary/aromatic N) is 3. The number of hydrogen-bond acceptors (Lipinski definition) is 6. The van der Waals surface area contributed by atoms with E-state index in [1.165, 1.54) is 0 Å². The van der Waals surface area contributed by atoms with E-state index in [-0.39, 0.29) is 12.8 Å². The second kappa shape index (κ2) is 8.17. The van der Waals surface area contributed by atoms with E-state index in [1.54, 1.807) is 17.3 Å². The van der Waals surface area contributed by atoms with Crippen LogP contribution in [0, 0.1) is 11.5 Å². The van der Waals surface area contributed by atoms with Crippen LogP contribution in [0.25, 0.3) is 5.70 Å². The van der Waals surface area contributed by atoms with Gasteiger partial charge in [0.25, 0.3) is 0 Å². The summed E-state index contributed by atoms with van der Waals surface area (Å²) in [5.74, 6) is 0. The van der Waals surface area contributed by atoms with E-state index in [1.807, 2.05) is 30.3 Å². The highest BCUT2D eigenvalue weighted by Gasteiger charge is 2.17. The molecule has 0 saturated heterocycles. The molecule has 0 bridgehead atoms. The summed E-state index contributed by atoms with van der Waals surface area (Å²) in [7, 11) is 0. The van der Waals surface area contributed by atoms with Crippen molar-refractivity contribution in [2.45, 2.75) is 6.17 Å². The third-order valence-electron chi connectivity index (χ3n) is 3.04. The van der Waals surface area contributed by atoms with E-state index >= 15 is 0 Å². The van der Waals surface area contributed by atoms with E-state index < -0.39 is 0 Å². The van der Waals surface area contributed by atoms with Crippen LogP contribution in [-0.4, -0.2) is 48.6 Å². The molecule has 1 aromatic rings. The van der Waals surface area contributed by atoms with Gasteiger partial charge in [0.15, 0.2) is 6.19 Å². The summed E-state index contributed by atoms with van der Waals surface area (Å²) in [4.78, 5) is 5.96. The fraction of sp³-hybridized carbons (Fsp3) is 0.333. The fourth-order valence-electron chi connectivity index (χ4n) is 1.98. The van der Waals surface area contributed by atoms with Crippen LogP contribution in [0.2, 0.25) is 0 Å². The minimum absolute atomic E-state index is 0.123. The van der Waals surface area contributed by atoms with E-state index in [0.717, 1.165) is 17.8 Å². The van der Waals surface area contributed by atoms with Crippen molar-refractivity contribution in [1.82, 2.24) is 15.5 Å². The molecule has 1 aromatic carbocycles. The lowest BCUT2D eigenvalue weighted by Crippen LogP contribution is -2.45. The Bertz CT molecular complexity index is 535. The summed E-state index contributed by atoms with van der Waals surface area (Å²) in [6.07, 6.45) is 5.39. The van der Waals surface area contributed by atoms with Gasteiger partial charge in [-0.1, -0.05) is 30.3 Å². The number of nitriles is 1. The lowest BCUT2D eigenvalue weighted by molar-refractivity contribution is 0.291. The Balaban J connectivity index is 1.92. The summed E-state index contributed by atoms with van der Waals surface area (Å²) in [6.45, 7) is 2.10. The first-order valence-electron chi connectivity index (χ1n) is 6.89. The topological polar surface area (TPSA) is 83.7 Å². The molecule has 0 amide bonds. The van der Waals surface area contributed by atoms with E-state index in [2.05, 4.69) is 21.8 Å². The van der Waals surface area contributed by atoms with Gasteiger partial charge in [-0.25, -0.2) is 0 Å². The molecular formula is C15H19N5O. The molecular weight excluding hydrogens is 266 g/mol. The summed E-state index contributed by atoms with van der Waals surface area (Å²) in [5, 5.41) is 24.2. The zero-order valence-corrected chi connectivity index (χ0v) is 11.7. The van der Waals surface area contributed by atoms with Gasteiger partial charge < -0.3 is 10.4 Å². The summed E-state index contributed by atoms with van der Waals surface area (Å²) < 4.78 is 0. The highest BCUT2D eigenvalue weighted by Crippen LogP contribution is 2.19. The summed E-state index contributed by atoms with van der Waals surface area (Å²) in [6, 6.07) is 9.76. The maximum absolute atomic E-state index is 9.25. The monoisotopic (exact) mass is 285 g/mol. The highest BCUT2D eigenvalue weighted by molar-refractivity contribution is 5.79. The van der Waals surface area contributed by atoms with Gasteiger partial charge in [0.2, 0.25) is 0 Å². The zero-order valence-electron chi connectivity index (χ0n) is 11.7. The lowest BCUT2D eigenvalue weighted by atomic mass is 10.1. The van der Waals surface area contributed by atoms with Gasteiger partial charge in [-0.05, 0) is 0 Å². The third kappa shape index (κ3) is 4.39. The Morgan fingerprint density at radius 3 is 2.76 bits per heavy atom. The second-order valence-electron chi connectivity index (χ2n) is 4.54. The SMILES string of the molecule is N#CN1C=C(c2ccccc2)N=CC1NCCNCCO. The van der Waals surface area contributed by atoms with Crippen LogP contribution in [0.4, 0.5) is 0 Å². The van der Waals surface area contributed by atoms with Crippen molar-refractivity contribution in [1.29, 1.82) is 5.26 Å². The molecule has 0 spiro atoms. The molecule has 0 radical (unpaired) electrons. The van der Waals surface area contributed by atoms with Crippen molar-refractivity contribution in [3.63, 3.8) is 0 Å². The number of aliphatic imine (C=N–C) groups is 1. The van der Waals surface area contributed by atoms with Gasteiger partial charge >= 0.3 is 0 Å². The molecule has 1 atom stereocenters. The Hall–Kier alpha value is -2.20. The first-order chi connectivity index (χ1) is 10.3. The number of hydrogen-bond donors (Lipinski definition) is 3. The summed E-state index contributed by atoms with van der Waals surface area (Å²) in [5.41, 5.74) is 1.76. The highest BCUT2D eigenvalue weighted by atomic mass is 16.3. The fourth-order valence-corrected chi connectivity index (χ4v) is 1.98. The van der Waals surface area contributed by atoms with Gasteiger partial charge in [-0.3, -0.25) is 15.2 Å². The minimum Gasteiger partial charge on any atom is -0.395 e. The van der Waals surface area contributed by atoms with Gasteiger partial charge in [-0.2, -0.15) is 5.26 Å². The van der Waals surface area contributed by atoms with Crippen LogP contribution in [0.1, 0.15) is 5.56 Å². The van der Waals surface area contributed by atoms with Crippen LogP contribution < -0.4 is 10.6 Å². The number of rotatable bonds is 7. The quantitative estimate of drug-likeness (QED) is 0.497. The minimum atomic E-state index is -0.238. The smallest absolute Gasteiger partial charge is 0.185 e. The average molecular weight is 285 g/mol. The predicted molar refractivity (Wildman–Crippen MR) is 82.1 cm³/mol. The molecule has 2 rings (SSSR count). The average Bonchev–Trinajstić information content (AvgIpc) is 2.55. The first-order valence-corrected chi connectivity index (χ1v) is 6.89. The lowest BCUT2D eigenvalue weighted by Gasteiger charge is -2.25. The number of benzene rings is 1. The Morgan fingerprint density at radius 2 is 2.05 bits per heavy atom. The predicted octanol–water partition coefficient (Wildman–Crippen LogP) is 0.350. The number of aliphatic hydroxyl groups excluding tert-OH is 1. The molecule has 0 aromatic heterocycles. The summed E-state index contributed by atoms with van der Waals surface area (Å²) >= 11 is 0. The Morgan fingerprint density at radius 1 is 1.24 bits per heavy atom. The molecule has 1 unspecified atom stereocenters. The van der Waals surface area contributed by atoms with E-state index in [9.17, 15) is 5.26 Å². The first kappa shape index (κ1) is 15.2. The number of aliphatic hydroxyl groups is 1. The van der Waals surface area contributed by atoms with E-state index in [0.29, 0.717) is 13.1 Å². The van der Waals surface area contributed by atoms with Crippen molar-refractivity contribution in [3.05, 3.63) is 42.1 Å². The van der Waals surface area contributed by atoms with Crippen LogP contribution >= 0.6 is 0 Å². The molecule has 21 heavy (non-hydrogen) atoms. The molecule has 1 aliphatic rings. The molecule has 3 N–H and O–H groups in total. The van der Waals surface area contributed by atoms with Crippen LogP contribution in [0.3, 0.4) is 0 Å². The largest absolute Gasteiger partial charge is 0.395 e. The molecule has 110 valence electrons. The van der Waals surface area contributed by atoms with Gasteiger partial charge in [0, 0.05) is 37.6 Å². The molecule has 0 aliphatic carbocycles. The normalized spacial score (nSPS) is 17.4. The van der Waals surface area contributed by atoms with Crippen molar-refractivity contribution in [2.75, 3.05) is 26.2 Å². The molecule has 6 nitrogen and oxygen atoms in total. The van der Waals surface area contributed by atoms with Crippen molar-refractivity contribution >= 4 is 11.9 Å². The van der Waals surface area contributed by atoms with Crippen LogP contribution in [0.15, 0.2) is 41.5 Å². The second-order valence-corrected chi connectivity index (χ2v) is 4.54. The molecule has 0 saturated carbocycles. The third-order valence-corrected chi connectivity index (χ3v) is 3.04. The number of nitrogens with one attached hydrogen (secondary N) is 2. The standard InChI is InChI=1S/C15H19N5O/c16-12-20-11-14(13-4-2-1-3-5-13)19-10-15(20)18-7-6-17-8-9-21/h1-5,10-11,15,17-18,21H,6-9H2. The molecule has 1 heterocycles. The van der Waals surface area contributed by atoms with Crippen LogP contribution in [0.5, 0.6) is 0 Å². The van der Waals surface area contributed by atoms with Gasteiger partial charge in [0.1, 0.15) is 6.17 Å². The molecule has 6 heteroatoms. The zero-order chi connectivity index (χ0) is 14.9. The Kier molecular flexibility index (Phi) is 5.91. The van der Waals surface area contributed by atoms with Crippen molar-refractivity contribution in [2.24, 2.45) is 4.99 Å². The molecule has 0 fully saturated rings. The van der Waals surface area contributed by atoms with Gasteiger partial charge in [-0.15, -0.1) is 0 Å². The molecule has 1 aliphatic heterocycles. The van der Waals surface area contributed by atoms with E-state index in [4.69, 9.17) is 5.11 Å². The van der Waals surface area contributed by atoms with Gasteiger partial charge in [0.05, 0.1) is 12.3 Å². The Labute approximate surface area is 124 Å². The van der Waals surface area contributed by atoms with Crippen molar-refractivity contribution < 1.29 is 5.11 Å².